The summed E-state index contributed by atoms with van der Waals surface area (Å²) in [7, 11) is 0. The minimum atomic E-state index is -7.55. The zero-order valence-corrected chi connectivity index (χ0v) is 19.2. The molecule has 0 bridgehead atoms. The van der Waals surface area contributed by atoms with Crippen molar-refractivity contribution in [1.82, 2.24) is 0 Å². The smallest absolute Gasteiger partial charge is 0.345 e. The molecule has 2 fully saturated rings. The Kier molecular flexibility index (Phi) is 8.70. The van der Waals surface area contributed by atoms with Gasteiger partial charge in [0.25, 0.3) is 0 Å². The molecular formula is C17H13F19O5. The molecule has 0 saturated carbocycles. The third kappa shape index (κ3) is 5.07. The van der Waals surface area contributed by atoms with E-state index >= 15 is 8.78 Å². The molecule has 5 nitrogen and oxygen atoms in total. The van der Waals surface area contributed by atoms with Gasteiger partial charge in [0, 0.05) is 13.0 Å². The SMILES string of the molecule is CCOC1(C(F)(OC(F)F)C(F)(F)F)CCCC(C(F)(OC(F)(F)C2(F)OC(F)(F)C(F)(F)C2(F)F)C(F)(F)F)O1. The molecule has 2 aliphatic rings. The van der Waals surface area contributed by atoms with Gasteiger partial charge in [-0.05, 0) is 19.8 Å². The topological polar surface area (TPSA) is 46.2 Å². The van der Waals surface area contributed by atoms with Crippen LogP contribution in [0.2, 0.25) is 0 Å². The van der Waals surface area contributed by atoms with E-state index in [1.807, 2.05) is 4.74 Å². The molecular weight excluding hydrogens is 645 g/mol. The molecule has 5 unspecified atom stereocenters. The summed E-state index contributed by atoms with van der Waals surface area (Å²) >= 11 is 0. The molecule has 2 rings (SSSR count). The van der Waals surface area contributed by atoms with Crippen LogP contribution in [0, 0.1) is 0 Å². The van der Waals surface area contributed by atoms with Gasteiger partial charge < -0.3 is 9.47 Å². The van der Waals surface area contributed by atoms with Crippen LogP contribution in [0.3, 0.4) is 0 Å². The molecule has 24 heteroatoms. The van der Waals surface area contributed by atoms with Gasteiger partial charge in [0.2, 0.25) is 5.79 Å². The fraction of sp³-hybridized carbons (Fsp3) is 1.00. The standard InChI is InChI=1S/C17H13F19O5/c1-2-37-8(12(25,15(30,31)32)39-7(18)19)5-3-4-6(38-8)9(20,14(27,28)29)40-17(35,36)13(26)10(21,22)11(23,24)16(33,34)41-13/h6-7H,2-5H2,1H3. The Morgan fingerprint density at radius 1 is 0.805 bits per heavy atom. The average molecular weight is 658 g/mol. The van der Waals surface area contributed by atoms with Crippen molar-refractivity contribution in [2.24, 2.45) is 0 Å². The number of halogens is 19. The molecule has 0 aliphatic carbocycles. The number of rotatable bonds is 9. The molecule has 0 radical (unpaired) electrons. The van der Waals surface area contributed by atoms with E-state index < -0.39 is 98.4 Å². The van der Waals surface area contributed by atoms with Crippen LogP contribution < -0.4 is 0 Å². The molecule has 41 heavy (non-hydrogen) atoms. The molecule has 0 N–H and O–H groups in total. The summed E-state index contributed by atoms with van der Waals surface area (Å²) in [5.74, 6) is -39.5. The predicted molar refractivity (Wildman–Crippen MR) is 85.8 cm³/mol. The van der Waals surface area contributed by atoms with E-state index in [0.29, 0.717) is 6.92 Å². The lowest BCUT2D eigenvalue weighted by Crippen LogP contribution is -2.71. The number of hydrogen-bond acceptors (Lipinski definition) is 5. The van der Waals surface area contributed by atoms with Gasteiger partial charge in [-0.1, -0.05) is 0 Å². The van der Waals surface area contributed by atoms with Crippen molar-refractivity contribution in [2.75, 3.05) is 6.61 Å². The van der Waals surface area contributed by atoms with E-state index in [1.165, 1.54) is 0 Å². The lowest BCUT2D eigenvalue weighted by molar-refractivity contribution is -0.526. The molecule has 2 aliphatic heterocycles. The Labute approximate surface area is 213 Å². The highest BCUT2D eigenvalue weighted by atomic mass is 19.4. The number of hydrogen-bond donors (Lipinski definition) is 0. The summed E-state index contributed by atoms with van der Waals surface area (Å²) in [6.07, 6.45) is -37.8. The molecule has 2 saturated heterocycles. The van der Waals surface area contributed by atoms with Crippen LogP contribution in [0.1, 0.15) is 26.2 Å². The molecule has 5 atom stereocenters. The molecule has 0 aromatic heterocycles. The highest BCUT2D eigenvalue weighted by Gasteiger charge is 2.96. The van der Waals surface area contributed by atoms with E-state index in [2.05, 4.69) is 18.9 Å². The van der Waals surface area contributed by atoms with Crippen LogP contribution >= 0.6 is 0 Å². The van der Waals surface area contributed by atoms with Gasteiger partial charge in [0.1, 0.15) is 6.10 Å². The van der Waals surface area contributed by atoms with Crippen LogP contribution in [0.4, 0.5) is 83.4 Å². The summed E-state index contributed by atoms with van der Waals surface area (Å²) in [4.78, 5) is 0. The minimum Gasteiger partial charge on any atom is -0.345 e. The third-order valence-electron chi connectivity index (χ3n) is 5.67. The van der Waals surface area contributed by atoms with Crippen molar-refractivity contribution >= 4 is 0 Å². The Bertz CT molecular complexity index is 951. The summed E-state index contributed by atoms with van der Waals surface area (Å²) in [6, 6.07) is 0. The Morgan fingerprint density at radius 3 is 1.68 bits per heavy atom. The summed E-state index contributed by atoms with van der Waals surface area (Å²) < 4.78 is 275. The van der Waals surface area contributed by atoms with Gasteiger partial charge in [0.15, 0.2) is 0 Å². The molecule has 2 heterocycles. The average Bonchev–Trinajstić information content (AvgIpc) is 2.85. The van der Waals surface area contributed by atoms with Gasteiger partial charge >= 0.3 is 60.6 Å². The quantitative estimate of drug-likeness (QED) is 0.247. The van der Waals surface area contributed by atoms with Crippen molar-refractivity contribution in [1.29, 1.82) is 0 Å². The lowest BCUT2D eigenvalue weighted by atomic mass is 9.91. The van der Waals surface area contributed by atoms with Crippen LogP contribution in [-0.4, -0.2) is 79.1 Å². The van der Waals surface area contributed by atoms with Crippen molar-refractivity contribution < 1.29 is 107 Å². The monoisotopic (exact) mass is 658 g/mol. The van der Waals surface area contributed by atoms with E-state index in [0.717, 1.165) is 0 Å². The zero-order chi connectivity index (χ0) is 32.5. The maximum Gasteiger partial charge on any atom is 0.454 e. The van der Waals surface area contributed by atoms with E-state index in [4.69, 9.17) is 0 Å². The fourth-order valence-electron chi connectivity index (χ4n) is 3.78. The lowest BCUT2D eigenvalue weighted by Gasteiger charge is -2.50. The molecule has 0 spiro atoms. The van der Waals surface area contributed by atoms with E-state index in [9.17, 15) is 74.6 Å². The van der Waals surface area contributed by atoms with Crippen molar-refractivity contribution in [3.8, 4) is 0 Å². The first-order chi connectivity index (χ1) is 18.0. The fourth-order valence-corrected chi connectivity index (χ4v) is 3.78. The Morgan fingerprint density at radius 2 is 1.32 bits per heavy atom. The van der Waals surface area contributed by atoms with Crippen LogP contribution in [0.15, 0.2) is 0 Å². The largest absolute Gasteiger partial charge is 0.454 e. The van der Waals surface area contributed by atoms with Gasteiger partial charge in [-0.2, -0.15) is 83.4 Å². The summed E-state index contributed by atoms with van der Waals surface area (Å²) in [5, 5.41) is 0. The first-order valence-corrected chi connectivity index (χ1v) is 10.3. The molecule has 244 valence electrons. The maximum absolute atomic E-state index is 15.2. The minimum absolute atomic E-state index is 0.623. The van der Waals surface area contributed by atoms with Crippen molar-refractivity contribution in [3.63, 3.8) is 0 Å². The number of ether oxygens (including phenoxy) is 5. The highest BCUT2D eigenvalue weighted by molar-refractivity contribution is 5.12. The van der Waals surface area contributed by atoms with Crippen LogP contribution in [-0.2, 0) is 23.7 Å². The third-order valence-corrected chi connectivity index (χ3v) is 5.67. The van der Waals surface area contributed by atoms with Gasteiger partial charge in [-0.3, -0.25) is 14.2 Å². The van der Waals surface area contributed by atoms with Crippen molar-refractivity contribution in [3.05, 3.63) is 0 Å². The first-order valence-electron chi connectivity index (χ1n) is 10.3. The molecule has 0 amide bonds. The highest BCUT2D eigenvalue weighted by Crippen LogP contribution is 2.66. The van der Waals surface area contributed by atoms with Gasteiger partial charge in [-0.15, -0.1) is 0 Å². The second kappa shape index (κ2) is 10.0. The van der Waals surface area contributed by atoms with Crippen LogP contribution in [0.5, 0.6) is 0 Å². The Hall–Kier alpha value is -1.53. The van der Waals surface area contributed by atoms with Gasteiger partial charge in [0.05, 0.1) is 0 Å². The van der Waals surface area contributed by atoms with E-state index in [-0.39, 0.29) is 0 Å². The molecule has 0 aromatic carbocycles. The van der Waals surface area contributed by atoms with Gasteiger partial charge in [-0.25, -0.2) is 0 Å². The molecule has 0 aromatic rings. The first kappa shape index (κ1) is 35.7. The van der Waals surface area contributed by atoms with Crippen LogP contribution in [0.25, 0.3) is 0 Å². The normalized spacial score (nSPS) is 33.4. The Balaban J connectivity index is 2.69. The zero-order valence-electron chi connectivity index (χ0n) is 19.2. The van der Waals surface area contributed by atoms with Crippen molar-refractivity contribution in [2.45, 2.75) is 98.7 Å². The maximum atomic E-state index is 15.2. The number of alkyl halides is 19. The predicted octanol–water partition coefficient (Wildman–Crippen LogP) is 7.15. The second-order valence-corrected chi connectivity index (χ2v) is 8.28. The van der Waals surface area contributed by atoms with E-state index in [1.54, 1.807) is 0 Å². The summed E-state index contributed by atoms with van der Waals surface area (Å²) in [5.41, 5.74) is 0. The summed E-state index contributed by atoms with van der Waals surface area (Å²) in [6.45, 7) is -5.48. The second-order valence-electron chi connectivity index (χ2n) is 8.28.